The van der Waals surface area contributed by atoms with E-state index in [4.69, 9.17) is 15.5 Å². The Kier molecular flexibility index (Phi) is 4.02. The maximum absolute atomic E-state index is 12.2. The zero-order valence-corrected chi connectivity index (χ0v) is 15.1. The average Bonchev–Trinajstić information content (AvgIpc) is 3.22. The van der Waals surface area contributed by atoms with Crippen molar-refractivity contribution >= 4 is 44.5 Å². The highest BCUT2D eigenvalue weighted by molar-refractivity contribution is 7.21. The van der Waals surface area contributed by atoms with E-state index in [1.807, 2.05) is 6.07 Å². The molecule has 0 radical (unpaired) electrons. The molecule has 24 heavy (non-hydrogen) atoms. The molecule has 6 heteroatoms. The molecule has 1 aliphatic rings. The maximum Gasteiger partial charge on any atom is 0.350 e. The van der Waals surface area contributed by atoms with Crippen LogP contribution in [-0.4, -0.2) is 17.6 Å². The van der Waals surface area contributed by atoms with Gasteiger partial charge in [0.25, 0.3) is 0 Å². The van der Waals surface area contributed by atoms with Gasteiger partial charge in [-0.15, -0.1) is 22.7 Å². The van der Waals surface area contributed by atoms with Crippen LogP contribution in [0.2, 0.25) is 0 Å². The highest BCUT2D eigenvalue weighted by Gasteiger charge is 2.26. The van der Waals surface area contributed by atoms with E-state index in [-0.39, 0.29) is 5.97 Å². The summed E-state index contributed by atoms with van der Waals surface area (Å²) in [5.74, 6) is -0.347. The van der Waals surface area contributed by atoms with E-state index in [1.165, 1.54) is 33.8 Å². The first-order valence-electron chi connectivity index (χ1n) is 8.15. The SMILES string of the molecule is CCOC(=O)c1sc2nc(-c3cccs3)c3c(c2c1N)CCCC3. The molecule has 0 amide bonds. The molecule has 124 valence electrons. The number of nitrogen functional groups attached to an aromatic ring is 1. The summed E-state index contributed by atoms with van der Waals surface area (Å²) in [6.07, 6.45) is 4.35. The standard InChI is InChI=1S/C18H18N2O2S2/c1-2-22-18(21)16-14(19)13-10-6-3-4-7-11(10)15(20-17(13)24-16)12-8-5-9-23-12/h5,8-9H,2-4,6-7,19H2,1H3. The molecule has 0 spiro atoms. The molecular formula is C18H18N2O2S2. The lowest BCUT2D eigenvalue weighted by Crippen LogP contribution is -2.08. The van der Waals surface area contributed by atoms with Gasteiger partial charge in [-0.05, 0) is 55.2 Å². The third-order valence-corrected chi connectivity index (χ3v) is 6.37. The number of rotatable bonds is 3. The highest BCUT2D eigenvalue weighted by Crippen LogP contribution is 2.42. The van der Waals surface area contributed by atoms with E-state index in [9.17, 15) is 4.79 Å². The molecule has 0 atom stereocenters. The number of aromatic nitrogens is 1. The number of carbonyl (C=O) groups is 1. The lowest BCUT2D eigenvalue weighted by molar-refractivity contribution is 0.0533. The minimum Gasteiger partial charge on any atom is -0.462 e. The van der Waals surface area contributed by atoms with Crippen LogP contribution in [0.25, 0.3) is 20.8 Å². The quantitative estimate of drug-likeness (QED) is 0.691. The molecule has 0 bridgehead atoms. The van der Waals surface area contributed by atoms with Crippen molar-refractivity contribution in [2.24, 2.45) is 0 Å². The Labute approximate surface area is 148 Å². The number of pyridine rings is 1. The van der Waals surface area contributed by atoms with Crippen LogP contribution in [0, 0.1) is 0 Å². The normalized spacial score (nSPS) is 13.9. The van der Waals surface area contributed by atoms with Gasteiger partial charge in [0, 0.05) is 5.39 Å². The topological polar surface area (TPSA) is 65.2 Å². The van der Waals surface area contributed by atoms with Gasteiger partial charge in [0.15, 0.2) is 0 Å². The Balaban J connectivity index is 1.99. The van der Waals surface area contributed by atoms with Crippen molar-refractivity contribution in [3.8, 4) is 10.6 Å². The summed E-state index contributed by atoms with van der Waals surface area (Å²) >= 11 is 3.05. The van der Waals surface area contributed by atoms with Crippen LogP contribution in [0.4, 0.5) is 5.69 Å². The molecule has 0 saturated heterocycles. The molecular weight excluding hydrogens is 340 g/mol. The van der Waals surface area contributed by atoms with Gasteiger partial charge in [-0.3, -0.25) is 0 Å². The first-order chi connectivity index (χ1) is 11.7. The molecule has 1 aliphatic carbocycles. The van der Waals surface area contributed by atoms with Crippen LogP contribution < -0.4 is 5.73 Å². The zero-order chi connectivity index (χ0) is 16.7. The van der Waals surface area contributed by atoms with Gasteiger partial charge in [-0.2, -0.15) is 0 Å². The Morgan fingerprint density at radius 3 is 2.83 bits per heavy atom. The molecule has 0 aromatic carbocycles. The number of anilines is 1. The van der Waals surface area contributed by atoms with Gasteiger partial charge in [-0.1, -0.05) is 6.07 Å². The van der Waals surface area contributed by atoms with E-state index in [2.05, 4.69) is 11.4 Å². The van der Waals surface area contributed by atoms with E-state index in [0.717, 1.165) is 35.2 Å². The molecule has 4 nitrogen and oxygen atoms in total. The van der Waals surface area contributed by atoms with Gasteiger partial charge < -0.3 is 10.5 Å². The summed E-state index contributed by atoms with van der Waals surface area (Å²) in [5.41, 5.74) is 10.5. The van der Waals surface area contributed by atoms with Crippen molar-refractivity contribution < 1.29 is 9.53 Å². The van der Waals surface area contributed by atoms with Crippen LogP contribution in [0.1, 0.15) is 40.6 Å². The summed E-state index contributed by atoms with van der Waals surface area (Å²) in [5, 5.41) is 3.04. The van der Waals surface area contributed by atoms with E-state index < -0.39 is 0 Å². The van der Waals surface area contributed by atoms with Crippen molar-refractivity contribution in [3.63, 3.8) is 0 Å². The molecule has 0 aliphatic heterocycles. The summed E-state index contributed by atoms with van der Waals surface area (Å²) in [7, 11) is 0. The van der Waals surface area contributed by atoms with Crippen LogP contribution in [0.5, 0.6) is 0 Å². The second kappa shape index (κ2) is 6.18. The molecule has 3 heterocycles. The number of ether oxygens (including phenoxy) is 1. The van der Waals surface area contributed by atoms with Crippen molar-refractivity contribution in [1.29, 1.82) is 0 Å². The number of thiophene rings is 2. The monoisotopic (exact) mass is 358 g/mol. The van der Waals surface area contributed by atoms with E-state index in [1.54, 1.807) is 18.3 Å². The van der Waals surface area contributed by atoms with Crippen LogP contribution in [0.3, 0.4) is 0 Å². The first kappa shape index (κ1) is 15.6. The van der Waals surface area contributed by atoms with Crippen molar-refractivity contribution in [1.82, 2.24) is 4.98 Å². The molecule has 0 unspecified atom stereocenters. The van der Waals surface area contributed by atoms with Gasteiger partial charge in [0.05, 0.1) is 22.9 Å². The Morgan fingerprint density at radius 1 is 1.33 bits per heavy atom. The summed E-state index contributed by atoms with van der Waals surface area (Å²) in [6.45, 7) is 2.15. The third kappa shape index (κ3) is 2.41. The number of nitrogens with two attached hydrogens (primary N) is 1. The molecule has 0 saturated carbocycles. The summed E-state index contributed by atoms with van der Waals surface area (Å²) in [6, 6.07) is 4.16. The number of hydrogen-bond donors (Lipinski definition) is 1. The largest absolute Gasteiger partial charge is 0.462 e. The summed E-state index contributed by atoms with van der Waals surface area (Å²) in [4.78, 5) is 19.6. The lowest BCUT2D eigenvalue weighted by Gasteiger charge is -2.19. The Morgan fingerprint density at radius 2 is 2.12 bits per heavy atom. The number of fused-ring (bicyclic) bond motifs is 3. The first-order valence-corrected chi connectivity index (χ1v) is 9.85. The molecule has 3 aromatic heterocycles. The fraction of sp³-hybridized carbons (Fsp3) is 0.333. The van der Waals surface area contributed by atoms with Crippen molar-refractivity contribution in [3.05, 3.63) is 33.5 Å². The lowest BCUT2D eigenvalue weighted by atomic mass is 9.88. The molecule has 2 N–H and O–H groups in total. The van der Waals surface area contributed by atoms with Crippen LogP contribution >= 0.6 is 22.7 Å². The fourth-order valence-corrected chi connectivity index (χ4v) is 5.14. The molecule has 0 fully saturated rings. The second-order valence-corrected chi connectivity index (χ2v) is 7.79. The zero-order valence-electron chi connectivity index (χ0n) is 13.4. The maximum atomic E-state index is 12.2. The third-order valence-electron chi connectivity index (χ3n) is 4.41. The number of esters is 1. The Hall–Kier alpha value is -1.92. The van der Waals surface area contributed by atoms with Crippen molar-refractivity contribution in [2.45, 2.75) is 32.6 Å². The number of carbonyl (C=O) groups excluding carboxylic acids is 1. The molecule has 4 rings (SSSR count). The smallest absolute Gasteiger partial charge is 0.350 e. The predicted molar refractivity (Wildman–Crippen MR) is 99.9 cm³/mol. The van der Waals surface area contributed by atoms with Gasteiger partial charge in [-0.25, -0.2) is 9.78 Å². The average molecular weight is 358 g/mol. The minimum atomic E-state index is -0.347. The van der Waals surface area contributed by atoms with Crippen molar-refractivity contribution in [2.75, 3.05) is 12.3 Å². The number of hydrogen-bond acceptors (Lipinski definition) is 6. The van der Waals surface area contributed by atoms with E-state index >= 15 is 0 Å². The Bertz CT molecular complexity index is 913. The fourth-order valence-electron chi connectivity index (χ4n) is 3.38. The highest BCUT2D eigenvalue weighted by atomic mass is 32.1. The van der Waals surface area contributed by atoms with Gasteiger partial charge in [0.2, 0.25) is 0 Å². The van der Waals surface area contributed by atoms with Gasteiger partial charge in [0.1, 0.15) is 9.71 Å². The van der Waals surface area contributed by atoms with Gasteiger partial charge >= 0.3 is 5.97 Å². The summed E-state index contributed by atoms with van der Waals surface area (Å²) < 4.78 is 5.15. The van der Waals surface area contributed by atoms with E-state index in [0.29, 0.717) is 17.2 Å². The number of aryl methyl sites for hydroxylation is 1. The number of nitrogens with zero attached hydrogens (tertiary/aromatic N) is 1. The second-order valence-electron chi connectivity index (χ2n) is 5.85. The van der Waals surface area contributed by atoms with Crippen LogP contribution in [0.15, 0.2) is 17.5 Å². The molecule has 3 aromatic rings. The van der Waals surface area contributed by atoms with Crippen LogP contribution in [-0.2, 0) is 17.6 Å². The minimum absolute atomic E-state index is 0.346. The predicted octanol–water partition coefficient (Wildman–Crippen LogP) is 4.66.